The molecule has 24 heavy (non-hydrogen) atoms. The number of esters is 2. The number of ether oxygens (including phenoxy) is 2. The Labute approximate surface area is 138 Å². The Morgan fingerprint density at radius 2 is 1.17 bits per heavy atom. The smallest absolute Gasteiger partial charge is 0.341 e. The predicted molar refractivity (Wildman–Crippen MR) is 76.6 cm³/mol. The summed E-state index contributed by atoms with van der Waals surface area (Å²) in [6, 6.07) is 0. The molecule has 3 fully saturated rings. The molecular formula is C16H20O8. The van der Waals surface area contributed by atoms with E-state index in [-0.39, 0.29) is 11.8 Å². The molecule has 0 spiro atoms. The number of carbonyl (C=O) groups is 4. The summed E-state index contributed by atoms with van der Waals surface area (Å²) in [7, 11) is 0. The number of hydrogen-bond acceptors (Lipinski definition) is 6. The van der Waals surface area contributed by atoms with Crippen LogP contribution in [0.1, 0.15) is 25.7 Å². The molecule has 0 heterocycles. The van der Waals surface area contributed by atoms with Crippen LogP contribution < -0.4 is 0 Å². The molecule has 2 N–H and O–H groups in total. The van der Waals surface area contributed by atoms with Crippen LogP contribution >= 0.6 is 0 Å². The standard InChI is InChI=1S/C16H20O8/c17-11(18)5-23-15(21)13-9-4-10(8-3-1-2-7(8)9)14(13)16(22)24-6-12(19)20/h7-10,13-14H,1-6H2,(H,17,18)(H,19,20). The van der Waals surface area contributed by atoms with Crippen molar-refractivity contribution in [3.05, 3.63) is 0 Å². The molecule has 0 aromatic carbocycles. The van der Waals surface area contributed by atoms with Crippen LogP contribution in [0.2, 0.25) is 0 Å². The molecule has 3 aliphatic carbocycles. The first-order valence-corrected chi connectivity index (χ1v) is 8.17. The molecule has 6 unspecified atom stereocenters. The normalized spacial score (nSPS) is 36.2. The van der Waals surface area contributed by atoms with Crippen LogP contribution in [0.15, 0.2) is 0 Å². The zero-order chi connectivity index (χ0) is 17.4. The minimum atomic E-state index is -1.25. The Kier molecular flexibility index (Phi) is 4.47. The van der Waals surface area contributed by atoms with Gasteiger partial charge in [-0.2, -0.15) is 0 Å². The zero-order valence-electron chi connectivity index (χ0n) is 13.1. The third kappa shape index (κ3) is 2.85. The van der Waals surface area contributed by atoms with E-state index in [9.17, 15) is 19.2 Å². The summed E-state index contributed by atoms with van der Waals surface area (Å²) >= 11 is 0. The van der Waals surface area contributed by atoms with E-state index < -0.39 is 48.9 Å². The Hall–Kier alpha value is -2.12. The van der Waals surface area contributed by atoms with Crippen LogP contribution in [0.25, 0.3) is 0 Å². The van der Waals surface area contributed by atoms with Gasteiger partial charge in [-0.25, -0.2) is 9.59 Å². The van der Waals surface area contributed by atoms with E-state index in [1.54, 1.807) is 0 Å². The molecule has 3 aliphatic rings. The highest BCUT2D eigenvalue weighted by molar-refractivity contribution is 5.86. The molecule has 0 radical (unpaired) electrons. The van der Waals surface area contributed by atoms with Crippen LogP contribution in [0.3, 0.4) is 0 Å². The van der Waals surface area contributed by atoms with Crippen LogP contribution in [0.5, 0.6) is 0 Å². The lowest BCUT2D eigenvalue weighted by Crippen LogP contribution is -2.43. The predicted octanol–water partition coefficient (Wildman–Crippen LogP) is 0.540. The zero-order valence-corrected chi connectivity index (χ0v) is 13.1. The lowest BCUT2D eigenvalue weighted by atomic mass is 9.69. The molecule has 0 aromatic heterocycles. The highest BCUT2D eigenvalue weighted by Crippen LogP contribution is 2.63. The van der Waals surface area contributed by atoms with Crippen molar-refractivity contribution in [2.75, 3.05) is 13.2 Å². The summed E-state index contributed by atoms with van der Waals surface area (Å²) in [5.41, 5.74) is 0. The lowest BCUT2D eigenvalue weighted by molar-refractivity contribution is -0.170. The van der Waals surface area contributed by atoms with Crippen LogP contribution in [-0.4, -0.2) is 47.3 Å². The molecule has 0 aromatic rings. The molecule has 132 valence electrons. The number of carboxylic acids is 2. The Bertz CT molecular complexity index is 522. The van der Waals surface area contributed by atoms with Crippen molar-refractivity contribution in [2.24, 2.45) is 35.5 Å². The monoisotopic (exact) mass is 340 g/mol. The summed E-state index contributed by atoms with van der Waals surface area (Å²) in [4.78, 5) is 46.0. The van der Waals surface area contributed by atoms with Gasteiger partial charge in [0.05, 0.1) is 11.8 Å². The Morgan fingerprint density at radius 1 is 0.750 bits per heavy atom. The molecule has 0 amide bonds. The van der Waals surface area contributed by atoms with Gasteiger partial charge >= 0.3 is 23.9 Å². The molecule has 3 rings (SSSR count). The van der Waals surface area contributed by atoms with E-state index >= 15 is 0 Å². The quantitative estimate of drug-likeness (QED) is 0.671. The molecule has 8 heteroatoms. The van der Waals surface area contributed by atoms with Crippen LogP contribution in [0, 0.1) is 35.5 Å². The van der Waals surface area contributed by atoms with Gasteiger partial charge in [-0.05, 0) is 42.9 Å². The lowest BCUT2D eigenvalue weighted by Gasteiger charge is -2.35. The maximum absolute atomic E-state index is 12.4. The Balaban J connectivity index is 1.77. The van der Waals surface area contributed by atoms with Crippen LogP contribution in [0.4, 0.5) is 0 Å². The largest absolute Gasteiger partial charge is 0.479 e. The summed E-state index contributed by atoms with van der Waals surface area (Å²) in [6.07, 6.45) is 3.78. The SMILES string of the molecule is O=C(O)COC(=O)C1C2CC(C3CCCC32)C1C(=O)OCC(=O)O. The average Bonchev–Trinajstić information content (AvgIpc) is 3.20. The molecule has 2 bridgehead atoms. The number of carboxylic acid groups (broad SMARTS) is 2. The molecule has 0 saturated heterocycles. The second-order valence-corrected chi connectivity index (χ2v) is 6.88. The summed E-state index contributed by atoms with van der Waals surface area (Å²) in [5, 5.41) is 17.3. The van der Waals surface area contributed by atoms with Gasteiger partial charge in [0.1, 0.15) is 0 Å². The fourth-order valence-corrected chi connectivity index (χ4v) is 5.20. The number of fused-ring (bicyclic) bond motifs is 5. The van der Waals surface area contributed by atoms with E-state index in [2.05, 4.69) is 0 Å². The van der Waals surface area contributed by atoms with Crippen molar-refractivity contribution in [3.63, 3.8) is 0 Å². The first-order chi connectivity index (χ1) is 11.4. The van der Waals surface area contributed by atoms with Gasteiger partial charge in [0, 0.05) is 0 Å². The molecular weight excluding hydrogens is 320 g/mol. The third-order valence-electron chi connectivity index (χ3n) is 5.80. The third-order valence-corrected chi connectivity index (χ3v) is 5.80. The topological polar surface area (TPSA) is 127 Å². The van der Waals surface area contributed by atoms with Gasteiger partial charge in [-0.1, -0.05) is 6.42 Å². The summed E-state index contributed by atoms with van der Waals surface area (Å²) in [5.74, 6) is -4.63. The van der Waals surface area contributed by atoms with Gasteiger partial charge in [0.15, 0.2) is 13.2 Å². The van der Waals surface area contributed by atoms with Crippen LogP contribution in [-0.2, 0) is 28.7 Å². The second kappa shape index (κ2) is 6.41. The van der Waals surface area contributed by atoms with Gasteiger partial charge in [-0.3, -0.25) is 9.59 Å². The molecule has 0 aliphatic heterocycles. The van der Waals surface area contributed by atoms with E-state index in [1.165, 1.54) is 0 Å². The highest BCUT2D eigenvalue weighted by atomic mass is 16.6. The van der Waals surface area contributed by atoms with E-state index in [1.807, 2.05) is 0 Å². The first kappa shape index (κ1) is 16.7. The van der Waals surface area contributed by atoms with Crippen molar-refractivity contribution in [2.45, 2.75) is 25.7 Å². The van der Waals surface area contributed by atoms with Gasteiger partial charge in [-0.15, -0.1) is 0 Å². The minimum Gasteiger partial charge on any atom is -0.479 e. The van der Waals surface area contributed by atoms with Gasteiger partial charge < -0.3 is 19.7 Å². The summed E-state index contributed by atoms with van der Waals surface area (Å²) in [6.45, 7) is -1.48. The average molecular weight is 340 g/mol. The van der Waals surface area contributed by atoms with Crippen molar-refractivity contribution in [3.8, 4) is 0 Å². The molecule has 3 saturated carbocycles. The number of aliphatic carboxylic acids is 2. The van der Waals surface area contributed by atoms with E-state index in [0.717, 1.165) is 25.7 Å². The molecule has 6 atom stereocenters. The maximum atomic E-state index is 12.4. The van der Waals surface area contributed by atoms with Gasteiger partial charge in [0.2, 0.25) is 0 Å². The second-order valence-electron chi connectivity index (χ2n) is 6.88. The van der Waals surface area contributed by atoms with Gasteiger partial charge in [0.25, 0.3) is 0 Å². The fourth-order valence-electron chi connectivity index (χ4n) is 5.20. The molecule has 8 nitrogen and oxygen atoms in total. The number of rotatable bonds is 6. The highest BCUT2D eigenvalue weighted by Gasteiger charge is 2.63. The summed E-state index contributed by atoms with van der Waals surface area (Å²) < 4.78 is 9.66. The Morgan fingerprint density at radius 3 is 1.54 bits per heavy atom. The van der Waals surface area contributed by atoms with E-state index in [0.29, 0.717) is 11.8 Å². The van der Waals surface area contributed by atoms with Crippen molar-refractivity contribution >= 4 is 23.9 Å². The minimum absolute atomic E-state index is 0.00817. The van der Waals surface area contributed by atoms with E-state index in [4.69, 9.17) is 19.7 Å². The van der Waals surface area contributed by atoms with Crippen molar-refractivity contribution in [1.82, 2.24) is 0 Å². The van der Waals surface area contributed by atoms with Crippen molar-refractivity contribution in [1.29, 1.82) is 0 Å². The fraction of sp³-hybridized carbons (Fsp3) is 0.750. The first-order valence-electron chi connectivity index (χ1n) is 8.17. The maximum Gasteiger partial charge on any atom is 0.341 e. The van der Waals surface area contributed by atoms with Crippen molar-refractivity contribution < 1.29 is 38.9 Å². The number of hydrogen-bond donors (Lipinski definition) is 2. The number of carbonyl (C=O) groups excluding carboxylic acids is 2.